The third kappa shape index (κ3) is 3.53. The van der Waals surface area contributed by atoms with E-state index in [-0.39, 0.29) is 0 Å². The molecule has 0 aliphatic heterocycles. The fraction of sp³-hybridized carbons (Fsp3) is 0.667. The summed E-state index contributed by atoms with van der Waals surface area (Å²) in [6.45, 7) is 8.01. The van der Waals surface area contributed by atoms with Gasteiger partial charge < -0.3 is 9.88 Å². The molecular formula is C9H19N3. The van der Waals surface area contributed by atoms with Gasteiger partial charge in [0.05, 0.1) is 0 Å². The lowest BCUT2D eigenvalue weighted by molar-refractivity contribution is 0.629. The van der Waals surface area contributed by atoms with Crippen molar-refractivity contribution in [2.45, 2.75) is 27.3 Å². The summed E-state index contributed by atoms with van der Waals surface area (Å²) in [4.78, 5) is 4.10. The summed E-state index contributed by atoms with van der Waals surface area (Å²) >= 11 is 0. The number of hydrogen-bond donors (Lipinski definition) is 1. The van der Waals surface area contributed by atoms with Crippen molar-refractivity contribution >= 4 is 0 Å². The highest BCUT2D eigenvalue weighted by atomic mass is 15.1. The number of aryl methyl sites for hydroxylation is 1. The van der Waals surface area contributed by atoms with Crippen LogP contribution in [0.1, 0.15) is 19.7 Å². The Bertz CT molecular complexity index is 193. The number of imidazole rings is 1. The first kappa shape index (κ1) is 11.2. The van der Waals surface area contributed by atoms with Crippen molar-refractivity contribution in [1.82, 2.24) is 14.9 Å². The lowest BCUT2D eigenvalue weighted by Gasteiger charge is -2.02. The van der Waals surface area contributed by atoms with Crippen molar-refractivity contribution in [2.24, 2.45) is 0 Å². The molecule has 0 aromatic carbocycles. The predicted molar refractivity (Wildman–Crippen MR) is 52.2 cm³/mol. The van der Waals surface area contributed by atoms with Crippen LogP contribution in [0.5, 0.6) is 0 Å². The summed E-state index contributed by atoms with van der Waals surface area (Å²) in [5, 5.41) is 3.08. The normalized spacial score (nSPS) is 9.00. The number of nitrogens with zero attached hydrogens (tertiary/aromatic N) is 2. The summed E-state index contributed by atoms with van der Waals surface area (Å²) in [5.74, 6) is 1.08. The van der Waals surface area contributed by atoms with Crippen LogP contribution in [0.3, 0.4) is 0 Å². The Labute approximate surface area is 74.8 Å². The molecule has 0 atom stereocenters. The number of nitrogens with one attached hydrogen (secondary N) is 1. The van der Waals surface area contributed by atoms with Crippen LogP contribution < -0.4 is 5.32 Å². The second kappa shape index (κ2) is 6.85. The number of hydrogen-bond acceptors (Lipinski definition) is 2. The largest absolute Gasteiger partial charge is 0.334 e. The molecule has 12 heavy (non-hydrogen) atoms. The first-order chi connectivity index (χ1) is 5.84. The molecule has 0 radical (unpaired) electrons. The van der Waals surface area contributed by atoms with E-state index in [1.807, 2.05) is 40.2 Å². The van der Waals surface area contributed by atoms with Crippen LogP contribution in [0.25, 0.3) is 0 Å². The fourth-order valence-electron chi connectivity index (χ4n) is 0.872. The molecule has 0 aliphatic carbocycles. The molecule has 70 valence electrons. The van der Waals surface area contributed by atoms with E-state index in [9.17, 15) is 0 Å². The van der Waals surface area contributed by atoms with E-state index >= 15 is 0 Å². The van der Waals surface area contributed by atoms with Gasteiger partial charge in [-0.2, -0.15) is 0 Å². The summed E-state index contributed by atoms with van der Waals surface area (Å²) in [6, 6.07) is 0. The highest BCUT2D eigenvalue weighted by molar-refractivity contribution is 4.88. The average Bonchev–Trinajstić information content (AvgIpc) is 2.51. The molecule has 0 aliphatic rings. The molecule has 3 heteroatoms. The Morgan fingerprint density at radius 1 is 1.50 bits per heavy atom. The molecule has 0 saturated heterocycles. The lowest BCUT2D eigenvalue weighted by Crippen LogP contribution is -2.15. The zero-order valence-corrected chi connectivity index (χ0v) is 8.46. The van der Waals surface area contributed by atoms with Crippen LogP contribution in [0.15, 0.2) is 12.4 Å². The van der Waals surface area contributed by atoms with E-state index in [1.54, 1.807) is 0 Å². The van der Waals surface area contributed by atoms with Gasteiger partial charge in [0, 0.05) is 25.5 Å². The number of likely N-dealkylation sites (N-methyl/N-ethyl adjacent to an activating group) is 1. The molecule has 3 nitrogen and oxygen atoms in total. The molecule has 0 bridgehead atoms. The van der Waals surface area contributed by atoms with E-state index in [4.69, 9.17) is 0 Å². The zero-order valence-electron chi connectivity index (χ0n) is 8.46. The fourth-order valence-corrected chi connectivity index (χ4v) is 0.872. The van der Waals surface area contributed by atoms with Gasteiger partial charge >= 0.3 is 0 Å². The minimum absolute atomic E-state index is 0.997. The highest BCUT2D eigenvalue weighted by Gasteiger charge is 1.92. The lowest BCUT2D eigenvalue weighted by atomic mass is 10.6. The SMILES string of the molecule is CC.CNCCn1ccnc1C. The third-order valence-electron chi connectivity index (χ3n) is 1.53. The molecule has 0 saturated carbocycles. The Hall–Kier alpha value is -0.830. The summed E-state index contributed by atoms with van der Waals surface area (Å²) in [6.07, 6.45) is 3.82. The molecule has 1 rings (SSSR count). The molecule has 0 fully saturated rings. The molecule has 0 spiro atoms. The highest BCUT2D eigenvalue weighted by Crippen LogP contribution is 1.92. The minimum Gasteiger partial charge on any atom is -0.334 e. The molecule has 1 aromatic heterocycles. The van der Waals surface area contributed by atoms with Crippen molar-refractivity contribution in [2.75, 3.05) is 13.6 Å². The summed E-state index contributed by atoms with van der Waals surface area (Å²) in [5.41, 5.74) is 0. The zero-order chi connectivity index (χ0) is 9.40. The Morgan fingerprint density at radius 3 is 2.58 bits per heavy atom. The van der Waals surface area contributed by atoms with E-state index in [0.29, 0.717) is 0 Å². The van der Waals surface area contributed by atoms with Crippen LogP contribution in [0, 0.1) is 6.92 Å². The van der Waals surface area contributed by atoms with Gasteiger partial charge in [-0.15, -0.1) is 0 Å². The minimum atomic E-state index is 0.997. The predicted octanol–water partition coefficient (Wildman–Crippen LogP) is 1.44. The van der Waals surface area contributed by atoms with Crippen LogP contribution in [0.2, 0.25) is 0 Å². The van der Waals surface area contributed by atoms with Crippen LogP contribution in [0.4, 0.5) is 0 Å². The Balaban J connectivity index is 0.000000561. The molecule has 1 heterocycles. The van der Waals surface area contributed by atoms with Gasteiger partial charge in [0.2, 0.25) is 0 Å². The standard InChI is InChI=1S/C7H13N3.C2H6/c1-7-9-4-6-10(7)5-3-8-2;1-2/h4,6,8H,3,5H2,1-2H3;1-2H3. The van der Waals surface area contributed by atoms with E-state index in [0.717, 1.165) is 18.9 Å². The Kier molecular flexibility index (Phi) is 6.38. The van der Waals surface area contributed by atoms with Gasteiger partial charge in [-0.3, -0.25) is 0 Å². The van der Waals surface area contributed by atoms with Crippen molar-refractivity contribution < 1.29 is 0 Å². The maximum Gasteiger partial charge on any atom is 0.105 e. The summed E-state index contributed by atoms with van der Waals surface area (Å²) < 4.78 is 2.12. The van der Waals surface area contributed by atoms with E-state index < -0.39 is 0 Å². The quantitative estimate of drug-likeness (QED) is 0.742. The van der Waals surface area contributed by atoms with Crippen molar-refractivity contribution in [3.63, 3.8) is 0 Å². The van der Waals surface area contributed by atoms with Crippen LogP contribution in [-0.4, -0.2) is 23.1 Å². The van der Waals surface area contributed by atoms with Gasteiger partial charge in [0.1, 0.15) is 5.82 Å². The molecule has 1 N–H and O–H groups in total. The Morgan fingerprint density at radius 2 is 2.17 bits per heavy atom. The number of aromatic nitrogens is 2. The second-order valence-corrected chi connectivity index (χ2v) is 2.27. The van der Waals surface area contributed by atoms with E-state index in [1.165, 1.54) is 0 Å². The smallest absolute Gasteiger partial charge is 0.105 e. The van der Waals surface area contributed by atoms with Crippen molar-refractivity contribution in [1.29, 1.82) is 0 Å². The average molecular weight is 169 g/mol. The summed E-state index contributed by atoms with van der Waals surface area (Å²) in [7, 11) is 1.95. The third-order valence-corrected chi connectivity index (χ3v) is 1.53. The van der Waals surface area contributed by atoms with Gasteiger partial charge in [-0.25, -0.2) is 4.98 Å². The molecule has 0 unspecified atom stereocenters. The first-order valence-corrected chi connectivity index (χ1v) is 4.47. The van der Waals surface area contributed by atoms with Gasteiger partial charge in [0.25, 0.3) is 0 Å². The molecule has 0 amide bonds. The molecular weight excluding hydrogens is 150 g/mol. The van der Waals surface area contributed by atoms with Gasteiger partial charge in [0.15, 0.2) is 0 Å². The van der Waals surface area contributed by atoms with E-state index in [2.05, 4.69) is 14.9 Å². The van der Waals surface area contributed by atoms with Crippen LogP contribution in [-0.2, 0) is 6.54 Å². The second-order valence-electron chi connectivity index (χ2n) is 2.27. The monoisotopic (exact) mass is 169 g/mol. The first-order valence-electron chi connectivity index (χ1n) is 4.47. The van der Waals surface area contributed by atoms with Crippen LogP contribution >= 0.6 is 0 Å². The molecule has 1 aromatic rings. The van der Waals surface area contributed by atoms with Gasteiger partial charge in [-0.1, -0.05) is 13.8 Å². The topological polar surface area (TPSA) is 29.9 Å². The number of rotatable bonds is 3. The maximum atomic E-state index is 4.10. The van der Waals surface area contributed by atoms with Crippen molar-refractivity contribution in [3.8, 4) is 0 Å². The maximum absolute atomic E-state index is 4.10. The van der Waals surface area contributed by atoms with Crippen molar-refractivity contribution in [3.05, 3.63) is 18.2 Å². The van der Waals surface area contributed by atoms with Gasteiger partial charge in [-0.05, 0) is 14.0 Å².